The number of nitrogens with one attached hydrogen (secondary N) is 1. The van der Waals surface area contributed by atoms with Gasteiger partial charge in [0, 0.05) is 32.1 Å². The Hall–Kier alpha value is -0.700. The molecule has 8 heteroatoms. The molecule has 19 heavy (non-hydrogen) atoms. The summed E-state index contributed by atoms with van der Waals surface area (Å²) in [7, 11) is -3.40. The number of nitrogens with zero attached hydrogens (tertiary/aromatic N) is 1. The lowest BCUT2D eigenvalue weighted by Crippen LogP contribution is -2.46. The van der Waals surface area contributed by atoms with E-state index >= 15 is 0 Å². The molecule has 1 atom stereocenters. The van der Waals surface area contributed by atoms with Crippen LogP contribution in [-0.2, 0) is 19.6 Å². The van der Waals surface area contributed by atoms with Crippen molar-refractivity contribution in [1.82, 2.24) is 9.62 Å². The molecule has 0 radical (unpaired) electrons. The van der Waals surface area contributed by atoms with Crippen LogP contribution in [0.15, 0.2) is 0 Å². The minimum absolute atomic E-state index is 0.126. The van der Waals surface area contributed by atoms with Gasteiger partial charge in [-0.2, -0.15) is 0 Å². The molecule has 112 valence electrons. The quantitative estimate of drug-likeness (QED) is 0.626. The highest BCUT2D eigenvalue weighted by Crippen LogP contribution is 2.01. The molecule has 0 amide bonds. The summed E-state index contributed by atoms with van der Waals surface area (Å²) in [6.45, 7) is 5.43. The summed E-state index contributed by atoms with van der Waals surface area (Å²) >= 11 is 0. The largest absolute Gasteiger partial charge is 0.481 e. The molecule has 0 aromatic rings. The van der Waals surface area contributed by atoms with Crippen molar-refractivity contribution in [3.05, 3.63) is 0 Å². The fourth-order valence-electron chi connectivity index (χ4n) is 1.99. The lowest BCUT2D eigenvalue weighted by atomic mass is 10.3. The fraction of sp³-hybridized carbons (Fsp3) is 0.909. The van der Waals surface area contributed by atoms with Gasteiger partial charge >= 0.3 is 5.97 Å². The number of aliphatic carboxylic acids is 1. The molecule has 1 aliphatic heterocycles. The van der Waals surface area contributed by atoms with Crippen LogP contribution in [0.25, 0.3) is 0 Å². The van der Waals surface area contributed by atoms with Crippen LogP contribution in [0, 0.1) is 0 Å². The van der Waals surface area contributed by atoms with Crippen molar-refractivity contribution in [3.63, 3.8) is 0 Å². The first-order chi connectivity index (χ1) is 8.89. The molecule has 0 spiro atoms. The maximum absolute atomic E-state index is 11.7. The number of carbonyl (C=O) groups is 1. The van der Waals surface area contributed by atoms with Crippen LogP contribution in [0.2, 0.25) is 0 Å². The number of rotatable bonds is 8. The van der Waals surface area contributed by atoms with Crippen molar-refractivity contribution in [2.75, 3.05) is 38.6 Å². The fourth-order valence-corrected chi connectivity index (χ4v) is 3.32. The Morgan fingerprint density at radius 3 is 2.63 bits per heavy atom. The number of hydrogen-bond donors (Lipinski definition) is 2. The Kier molecular flexibility index (Phi) is 6.70. The lowest BCUT2D eigenvalue weighted by Gasteiger charge is -2.29. The van der Waals surface area contributed by atoms with Crippen molar-refractivity contribution in [3.8, 4) is 0 Å². The standard InChI is InChI=1S/C11H22N2O5S/c1-10(9-13-4-6-18-7-5-13)12-19(16,17)8-2-3-11(14)15/h10,12H,2-9H2,1H3,(H,14,15). The second-order valence-corrected chi connectivity index (χ2v) is 6.62. The first kappa shape index (κ1) is 16.4. The number of hydrogen-bond acceptors (Lipinski definition) is 5. The summed E-state index contributed by atoms with van der Waals surface area (Å²) in [6, 6.07) is -0.187. The summed E-state index contributed by atoms with van der Waals surface area (Å²) in [5.41, 5.74) is 0. The van der Waals surface area contributed by atoms with Gasteiger partial charge in [0.15, 0.2) is 0 Å². The highest BCUT2D eigenvalue weighted by molar-refractivity contribution is 7.89. The van der Waals surface area contributed by atoms with E-state index in [1.165, 1.54) is 0 Å². The molecule has 1 heterocycles. The van der Waals surface area contributed by atoms with Crippen LogP contribution in [0.1, 0.15) is 19.8 Å². The molecule has 1 fully saturated rings. The zero-order valence-electron chi connectivity index (χ0n) is 11.2. The number of ether oxygens (including phenoxy) is 1. The molecule has 0 aromatic carbocycles. The predicted octanol–water partition coefficient (Wildman–Crippen LogP) is -0.509. The van der Waals surface area contributed by atoms with Gasteiger partial charge in [-0.1, -0.05) is 0 Å². The van der Waals surface area contributed by atoms with E-state index in [0.29, 0.717) is 19.8 Å². The molecule has 7 nitrogen and oxygen atoms in total. The normalized spacial score (nSPS) is 19.2. The third-order valence-electron chi connectivity index (χ3n) is 2.82. The molecule has 0 saturated carbocycles. The molecule has 1 saturated heterocycles. The maximum Gasteiger partial charge on any atom is 0.303 e. The van der Waals surface area contributed by atoms with Crippen molar-refractivity contribution in [2.45, 2.75) is 25.8 Å². The summed E-state index contributed by atoms with van der Waals surface area (Å²) in [4.78, 5) is 12.5. The van der Waals surface area contributed by atoms with Crippen molar-refractivity contribution >= 4 is 16.0 Å². The average molecular weight is 294 g/mol. The first-order valence-corrected chi connectivity index (χ1v) is 8.06. The van der Waals surface area contributed by atoms with Crippen LogP contribution in [0.4, 0.5) is 0 Å². The summed E-state index contributed by atoms with van der Waals surface area (Å²) in [5, 5.41) is 8.47. The monoisotopic (exact) mass is 294 g/mol. The first-order valence-electron chi connectivity index (χ1n) is 6.41. The van der Waals surface area contributed by atoms with Gasteiger partial charge in [0.25, 0.3) is 0 Å². The van der Waals surface area contributed by atoms with Gasteiger partial charge in [-0.05, 0) is 13.3 Å². The molecule has 0 bridgehead atoms. The highest BCUT2D eigenvalue weighted by Gasteiger charge is 2.18. The zero-order chi connectivity index (χ0) is 14.3. The summed E-state index contributed by atoms with van der Waals surface area (Å²) in [5.74, 6) is -1.12. The van der Waals surface area contributed by atoms with Gasteiger partial charge in [0.05, 0.1) is 19.0 Å². The van der Waals surface area contributed by atoms with Crippen LogP contribution < -0.4 is 4.72 Å². The second kappa shape index (κ2) is 7.78. The van der Waals surface area contributed by atoms with E-state index < -0.39 is 16.0 Å². The minimum atomic E-state index is -3.40. The molecular weight excluding hydrogens is 272 g/mol. The molecule has 1 unspecified atom stereocenters. The van der Waals surface area contributed by atoms with Crippen molar-refractivity contribution < 1.29 is 23.1 Å². The second-order valence-electron chi connectivity index (χ2n) is 4.75. The molecule has 2 N–H and O–H groups in total. The van der Waals surface area contributed by atoms with E-state index in [1.807, 2.05) is 6.92 Å². The van der Waals surface area contributed by atoms with Crippen molar-refractivity contribution in [2.24, 2.45) is 0 Å². The van der Waals surface area contributed by atoms with Gasteiger partial charge in [-0.15, -0.1) is 0 Å². The third kappa shape index (κ3) is 7.46. The number of carboxylic acids is 1. The van der Waals surface area contributed by atoms with Crippen LogP contribution in [0.3, 0.4) is 0 Å². The Morgan fingerprint density at radius 2 is 2.05 bits per heavy atom. The number of morpholine rings is 1. The molecule has 0 aromatic heterocycles. The lowest BCUT2D eigenvalue weighted by molar-refractivity contribution is -0.137. The molecule has 1 rings (SSSR count). The molecule has 0 aliphatic carbocycles. The van der Waals surface area contributed by atoms with Gasteiger partial charge in [-0.3, -0.25) is 9.69 Å². The Labute approximate surface area is 114 Å². The third-order valence-corrected chi connectivity index (χ3v) is 4.41. The Balaban J connectivity index is 2.28. The van der Waals surface area contributed by atoms with E-state index in [0.717, 1.165) is 13.1 Å². The van der Waals surface area contributed by atoms with Crippen LogP contribution in [0.5, 0.6) is 0 Å². The van der Waals surface area contributed by atoms with Gasteiger partial charge in [0.2, 0.25) is 10.0 Å². The van der Waals surface area contributed by atoms with E-state index in [-0.39, 0.29) is 24.6 Å². The highest BCUT2D eigenvalue weighted by atomic mass is 32.2. The van der Waals surface area contributed by atoms with E-state index in [1.54, 1.807) is 0 Å². The Morgan fingerprint density at radius 1 is 1.42 bits per heavy atom. The number of carboxylic acid groups (broad SMARTS) is 1. The van der Waals surface area contributed by atoms with E-state index in [9.17, 15) is 13.2 Å². The summed E-state index contributed by atoms with van der Waals surface area (Å²) < 4.78 is 31.2. The van der Waals surface area contributed by atoms with E-state index in [4.69, 9.17) is 9.84 Å². The molecular formula is C11H22N2O5S. The maximum atomic E-state index is 11.7. The molecule has 1 aliphatic rings. The summed E-state index contributed by atoms with van der Waals surface area (Å²) in [6.07, 6.45) is 0.00763. The van der Waals surface area contributed by atoms with E-state index in [2.05, 4.69) is 9.62 Å². The van der Waals surface area contributed by atoms with Crippen LogP contribution >= 0.6 is 0 Å². The number of sulfonamides is 1. The predicted molar refractivity (Wildman–Crippen MR) is 70.5 cm³/mol. The van der Waals surface area contributed by atoms with Gasteiger partial charge in [-0.25, -0.2) is 13.1 Å². The average Bonchev–Trinajstić information content (AvgIpc) is 2.28. The zero-order valence-corrected chi connectivity index (χ0v) is 12.0. The Bertz CT molecular complexity index is 379. The van der Waals surface area contributed by atoms with Gasteiger partial charge in [0.1, 0.15) is 0 Å². The van der Waals surface area contributed by atoms with Gasteiger partial charge < -0.3 is 9.84 Å². The topological polar surface area (TPSA) is 95.9 Å². The smallest absolute Gasteiger partial charge is 0.303 e. The minimum Gasteiger partial charge on any atom is -0.481 e. The SMILES string of the molecule is CC(CN1CCOCC1)NS(=O)(=O)CCCC(=O)O. The van der Waals surface area contributed by atoms with Crippen LogP contribution in [-0.4, -0.2) is 69.0 Å². The van der Waals surface area contributed by atoms with Crippen molar-refractivity contribution in [1.29, 1.82) is 0 Å².